The molecule has 2 aromatic carbocycles. The SMILES string of the molecule is O=C(NNC(=O)c1ccc2c(c1)OCO2)c1cccc(NC(=O)C2CCCCC2)c1. The molecular weight excluding hydrogens is 386 g/mol. The molecule has 3 amide bonds. The van der Waals surface area contributed by atoms with Crippen molar-refractivity contribution in [3.8, 4) is 11.5 Å². The summed E-state index contributed by atoms with van der Waals surface area (Å²) in [5.41, 5.74) is 5.97. The third-order valence-electron chi connectivity index (χ3n) is 5.29. The molecule has 2 aromatic rings. The van der Waals surface area contributed by atoms with E-state index >= 15 is 0 Å². The summed E-state index contributed by atoms with van der Waals surface area (Å²) in [6.07, 6.45) is 5.13. The first-order chi connectivity index (χ1) is 14.6. The maximum atomic E-state index is 12.4. The monoisotopic (exact) mass is 409 g/mol. The van der Waals surface area contributed by atoms with Crippen LogP contribution in [-0.2, 0) is 4.79 Å². The molecule has 1 saturated carbocycles. The molecule has 30 heavy (non-hydrogen) atoms. The summed E-state index contributed by atoms with van der Waals surface area (Å²) in [6, 6.07) is 11.4. The molecule has 4 rings (SSSR count). The highest BCUT2D eigenvalue weighted by Gasteiger charge is 2.21. The Morgan fingerprint density at radius 2 is 1.50 bits per heavy atom. The number of amides is 3. The van der Waals surface area contributed by atoms with Crippen LogP contribution in [0.4, 0.5) is 5.69 Å². The molecule has 8 nitrogen and oxygen atoms in total. The zero-order chi connectivity index (χ0) is 20.9. The van der Waals surface area contributed by atoms with Crippen molar-refractivity contribution in [1.82, 2.24) is 10.9 Å². The quantitative estimate of drug-likeness (QED) is 0.673. The molecule has 0 saturated heterocycles. The lowest BCUT2D eigenvalue weighted by Crippen LogP contribution is -2.41. The van der Waals surface area contributed by atoms with Gasteiger partial charge in [-0.3, -0.25) is 25.2 Å². The van der Waals surface area contributed by atoms with Crippen molar-refractivity contribution in [1.29, 1.82) is 0 Å². The van der Waals surface area contributed by atoms with Crippen LogP contribution >= 0.6 is 0 Å². The predicted molar refractivity (Wildman–Crippen MR) is 109 cm³/mol. The molecule has 1 aliphatic heterocycles. The molecule has 0 unspecified atom stereocenters. The van der Waals surface area contributed by atoms with Crippen LogP contribution in [0, 0.1) is 5.92 Å². The zero-order valence-electron chi connectivity index (χ0n) is 16.4. The number of ether oxygens (including phenoxy) is 2. The molecule has 0 atom stereocenters. The van der Waals surface area contributed by atoms with Crippen LogP contribution in [0.5, 0.6) is 11.5 Å². The van der Waals surface area contributed by atoms with Gasteiger partial charge in [0.15, 0.2) is 11.5 Å². The lowest BCUT2D eigenvalue weighted by Gasteiger charge is -2.20. The van der Waals surface area contributed by atoms with Crippen molar-refractivity contribution >= 4 is 23.4 Å². The fourth-order valence-corrected chi connectivity index (χ4v) is 3.64. The highest BCUT2D eigenvalue weighted by atomic mass is 16.7. The topological polar surface area (TPSA) is 106 Å². The first-order valence-electron chi connectivity index (χ1n) is 10.0. The number of carbonyl (C=O) groups excluding carboxylic acids is 3. The third-order valence-corrected chi connectivity index (χ3v) is 5.29. The van der Waals surface area contributed by atoms with Crippen molar-refractivity contribution in [2.24, 2.45) is 5.92 Å². The second-order valence-corrected chi connectivity index (χ2v) is 7.38. The number of nitrogens with one attached hydrogen (secondary N) is 3. The minimum Gasteiger partial charge on any atom is -0.454 e. The van der Waals surface area contributed by atoms with Crippen LogP contribution in [0.1, 0.15) is 52.8 Å². The third kappa shape index (κ3) is 4.53. The molecule has 0 spiro atoms. The fourth-order valence-electron chi connectivity index (χ4n) is 3.64. The molecule has 8 heteroatoms. The number of anilines is 1. The Bertz CT molecular complexity index is 969. The molecule has 3 N–H and O–H groups in total. The maximum absolute atomic E-state index is 12.4. The molecular formula is C22H23N3O5. The van der Waals surface area contributed by atoms with Gasteiger partial charge in [0.05, 0.1) is 0 Å². The van der Waals surface area contributed by atoms with Gasteiger partial charge in [0.25, 0.3) is 11.8 Å². The Morgan fingerprint density at radius 1 is 0.800 bits per heavy atom. The number of carbonyl (C=O) groups is 3. The van der Waals surface area contributed by atoms with Gasteiger partial charge < -0.3 is 14.8 Å². The first-order valence-corrected chi connectivity index (χ1v) is 10.0. The van der Waals surface area contributed by atoms with E-state index in [-0.39, 0.29) is 18.6 Å². The lowest BCUT2D eigenvalue weighted by molar-refractivity contribution is -0.120. The number of hydrazine groups is 1. The average Bonchev–Trinajstić information content (AvgIpc) is 3.26. The largest absolute Gasteiger partial charge is 0.454 e. The zero-order valence-corrected chi connectivity index (χ0v) is 16.4. The summed E-state index contributed by atoms with van der Waals surface area (Å²) >= 11 is 0. The van der Waals surface area contributed by atoms with Gasteiger partial charge in [-0.1, -0.05) is 25.3 Å². The minimum absolute atomic E-state index is 0.0108. The van der Waals surface area contributed by atoms with Gasteiger partial charge in [-0.05, 0) is 49.2 Å². The van der Waals surface area contributed by atoms with Gasteiger partial charge in [0.2, 0.25) is 12.7 Å². The predicted octanol–water partition coefficient (Wildman–Crippen LogP) is 3.01. The Kier molecular flexibility index (Phi) is 5.83. The molecule has 0 bridgehead atoms. The van der Waals surface area contributed by atoms with Crippen LogP contribution in [0.15, 0.2) is 42.5 Å². The minimum atomic E-state index is -0.488. The van der Waals surface area contributed by atoms with Crippen molar-refractivity contribution in [2.45, 2.75) is 32.1 Å². The van der Waals surface area contributed by atoms with Crippen molar-refractivity contribution < 1.29 is 23.9 Å². The van der Waals surface area contributed by atoms with E-state index in [2.05, 4.69) is 16.2 Å². The first kappa shape index (κ1) is 19.8. The van der Waals surface area contributed by atoms with Gasteiger partial charge in [0, 0.05) is 22.7 Å². The molecule has 2 aliphatic rings. The van der Waals surface area contributed by atoms with Crippen molar-refractivity contribution in [3.05, 3.63) is 53.6 Å². The summed E-state index contributed by atoms with van der Waals surface area (Å²) < 4.78 is 10.5. The van der Waals surface area contributed by atoms with Crippen molar-refractivity contribution in [3.63, 3.8) is 0 Å². The second-order valence-electron chi connectivity index (χ2n) is 7.38. The normalized spacial score (nSPS) is 15.3. The summed E-state index contributed by atoms with van der Waals surface area (Å²) in [5, 5.41) is 2.89. The molecule has 1 fully saturated rings. The number of benzene rings is 2. The highest BCUT2D eigenvalue weighted by Crippen LogP contribution is 2.32. The van der Waals surface area contributed by atoms with E-state index in [1.807, 2.05) is 0 Å². The molecule has 1 heterocycles. The van der Waals surface area contributed by atoms with E-state index < -0.39 is 11.8 Å². The fraction of sp³-hybridized carbons (Fsp3) is 0.318. The Balaban J connectivity index is 1.33. The maximum Gasteiger partial charge on any atom is 0.269 e. The number of hydrogen-bond donors (Lipinski definition) is 3. The number of rotatable bonds is 4. The molecule has 0 radical (unpaired) electrons. The second kappa shape index (κ2) is 8.86. The summed E-state index contributed by atoms with van der Waals surface area (Å²) in [6.45, 7) is 0.116. The summed E-state index contributed by atoms with van der Waals surface area (Å²) in [4.78, 5) is 37.1. The van der Waals surface area contributed by atoms with Crippen LogP contribution in [-0.4, -0.2) is 24.5 Å². The molecule has 0 aromatic heterocycles. The molecule has 156 valence electrons. The van der Waals surface area contributed by atoms with E-state index in [1.54, 1.807) is 42.5 Å². The van der Waals surface area contributed by atoms with Crippen LogP contribution in [0.25, 0.3) is 0 Å². The smallest absolute Gasteiger partial charge is 0.269 e. The standard InChI is InChI=1S/C22H23N3O5/c26-20(14-5-2-1-3-6-14)23-17-8-4-7-15(11-17)21(27)24-25-22(28)16-9-10-18-19(12-16)30-13-29-18/h4,7-12,14H,1-3,5-6,13H2,(H,23,26)(H,24,27)(H,25,28). The van der Waals surface area contributed by atoms with Gasteiger partial charge in [-0.2, -0.15) is 0 Å². The number of hydrogen-bond acceptors (Lipinski definition) is 5. The Hall–Kier alpha value is -3.55. The lowest BCUT2D eigenvalue weighted by atomic mass is 9.88. The van der Waals surface area contributed by atoms with E-state index in [1.165, 1.54) is 6.42 Å². The van der Waals surface area contributed by atoms with Gasteiger partial charge >= 0.3 is 0 Å². The van der Waals surface area contributed by atoms with Gasteiger partial charge in [-0.15, -0.1) is 0 Å². The highest BCUT2D eigenvalue weighted by molar-refractivity contribution is 6.00. The summed E-state index contributed by atoms with van der Waals surface area (Å²) in [7, 11) is 0. The Labute approximate surface area is 173 Å². The van der Waals surface area contributed by atoms with E-state index in [4.69, 9.17) is 9.47 Å². The van der Waals surface area contributed by atoms with Crippen LogP contribution < -0.4 is 25.6 Å². The van der Waals surface area contributed by atoms with Crippen LogP contribution in [0.3, 0.4) is 0 Å². The van der Waals surface area contributed by atoms with Crippen molar-refractivity contribution in [2.75, 3.05) is 12.1 Å². The number of fused-ring (bicyclic) bond motifs is 1. The van der Waals surface area contributed by atoms with Gasteiger partial charge in [0.1, 0.15) is 0 Å². The average molecular weight is 409 g/mol. The van der Waals surface area contributed by atoms with E-state index in [0.717, 1.165) is 25.7 Å². The van der Waals surface area contributed by atoms with E-state index in [9.17, 15) is 14.4 Å². The van der Waals surface area contributed by atoms with Crippen LogP contribution in [0.2, 0.25) is 0 Å². The van der Waals surface area contributed by atoms with Gasteiger partial charge in [-0.25, -0.2) is 0 Å². The summed E-state index contributed by atoms with van der Waals surface area (Å²) in [5.74, 6) is 0.0971. The Morgan fingerprint density at radius 3 is 2.27 bits per heavy atom. The van der Waals surface area contributed by atoms with E-state index in [0.29, 0.717) is 28.3 Å². The molecule has 1 aliphatic carbocycles.